The lowest BCUT2D eigenvalue weighted by atomic mass is 10.2. The second kappa shape index (κ2) is 9.84. The first-order valence-electron chi connectivity index (χ1n) is 10.2. The molecule has 1 fully saturated rings. The van der Waals surface area contributed by atoms with Crippen molar-refractivity contribution in [3.05, 3.63) is 84.9 Å². The summed E-state index contributed by atoms with van der Waals surface area (Å²) in [5, 5.41) is 21.1. The van der Waals surface area contributed by atoms with E-state index in [2.05, 4.69) is 15.5 Å². The van der Waals surface area contributed by atoms with Gasteiger partial charge in [-0.3, -0.25) is 9.69 Å². The van der Waals surface area contributed by atoms with Crippen LogP contribution in [0.15, 0.2) is 95.2 Å². The van der Waals surface area contributed by atoms with Crippen LogP contribution in [0.1, 0.15) is 6.42 Å². The lowest BCUT2D eigenvalue weighted by molar-refractivity contribution is -0.119. The summed E-state index contributed by atoms with van der Waals surface area (Å²) in [6, 6.07) is 24.0. The van der Waals surface area contributed by atoms with Crippen LogP contribution >= 0.6 is 0 Å². The van der Waals surface area contributed by atoms with Gasteiger partial charge in [-0.15, -0.1) is 0 Å². The Morgan fingerprint density at radius 1 is 0.875 bits per heavy atom. The molecule has 0 bridgehead atoms. The number of para-hydroxylation sites is 1. The number of likely N-dealkylation sites (tertiary alicyclic amines) is 1. The Morgan fingerprint density at radius 3 is 2.12 bits per heavy atom. The van der Waals surface area contributed by atoms with Crippen LogP contribution in [0, 0.1) is 0 Å². The van der Waals surface area contributed by atoms with Crippen LogP contribution in [0.3, 0.4) is 0 Å². The lowest BCUT2D eigenvalue weighted by Gasteiger charge is -2.22. The maximum Gasteiger partial charge on any atom is 0.416 e. The van der Waals surface area contributed by atoms with E-state index in [4.69, 9.17) is 4.74 Å². The van der Waals surface area contributed by atoms with E-state index < -0.39 is 24.1 Å². The van der Waals surface area contributed by atoms with Crippen LogP contribution in [-0.4, -0.2) is 40.7 Å². The van der Waals surface area contributed by atoms with Gasteiger partial charge in [0, 0.05) is 12.1 Å². The number of amides is 2. The van der Waals surface area contributed by atoms with Gasteiger partial charge in [0.1, 0.15) is 11.8 Å². The van der Waals surface area contributed by atoms with Crippen molar-refractivity contribution in [3.63, 3.8) is 0 Å². The molecule has 3 aromatic carbocycles. The molecule has 0 saturated carbocycles. The highest BCUT2D eigenvalue weighted by molar-refractivity contribution is 5.97. The molecule has 1 aliphatic rings. The number of carbonyl (C=O) groups excluding carboxylic acids is 2. The number of aliphatic hydroxyl groups is 1. The molecule has 1 aliphatic heterocycles. The Morgan fingerprint density at radius 2 is 1.47 bits per heavy atom. The van der Waals surface area contributed by atoms with Gasteiger partial charge in [0.15, 0.2) is 0 Å². The molecule has 8 heteroatoms. The Balaban J connectivity index is 1.38. The number of rotatable bonds is 5. The van der Waals surface area contributed by atoms with Gasteiger partial charge in [-0.1, -0.05) is 36.4 Å². The van der Waals surface area contributed by atoms with Crippen LogP contribution in [-0.2, 0) is 4.79 Å². The average Bonchev–Trinajstić information content (AvgIpc) is 3.22. The summed E-state index contributed by atoms with van der Waals surface area (Å²) >= 11 is 0. The Kier molecular flexibility index (Phi) is 6.52. The number of nitrogens with zero attached hydrogens (tertiary/aromatic N) is 3. The number of ether oxygens (including phenoxy) is 1. The first kappa shape index (κ1) is 21.2. The largest absolute Gasteiger partial charge is 0.416 e. The lowest BCUT2D eigenvalue weighted by Crippen LogP contribution is -2.44. The Bertz CT molecular complexity index is 1090. The summed E-state index contributed by atoms with van der Waals surface area (Å²) in [5.74, 6) is -0.0245. The fourth-order valence-corrected chi connectivity index (χ4v) is 3.36. The molecule has 3 aromatic rings. The highest BCUT2D eigenvalue weighted by Gasteiger charge is 2.40. The van der Waals surface area contributed by atoms with E-state index in [1.807, 2.05) is 36.4 Å². The van der Waals surface area contributed by atoms with Crippen molar-refractivity contribution in [1.82, 2.24) is 4.90 Å². The van der Waals surface area contributed by atoms with E-state index in [1.165, 1.54) is 4.90 Å². The van der Waals surface area contributed by atoms with Crippen LogP contribution in [0.25, 0.3) is 0 Å². The number of hydrogen-bond acceptors (Lipinski definition) is 6. The van der Waals surface area contributed by atoms with E-state index in [0.29, 0.717) is 17.1 Å². The molecular weight excluding hydrogens is 408 g/mol. The van der Waals surface area contributed by atoms with E-state index in [1.54, 1.807) is 48.5 Å². The first-order chi connectivity index (χ1) is 15.6. The number of benzene rings is 3. The van der Waals surface area contributed by atoms with Crippen LogP contribution < -0.4 is 10.1 Å². The van der Waals surface area contributed by atoms with Crippen molar-refractivity contribution in [2.45, 2.75) is 18.6 Å². The van der Waals surface area contributed by atoms with Gasteiger partial charge in [0.05, 0.1) is 24.0 Å². The van der Waals surface area contributed by atoms with E-state index in [0.717, 1.165) is 5.69 Å². The topological polar surface area (TPSA) is 104 Å². The minimum atomic E-state index is -0.835. The van der Waals surface area contributed by atoms with Crippen LogP contribution in [0.4, 0.5) is 21.9 Å². The molecule has 2 atom stereocenters. The van der Waals surface area contributed by atoms with E-state index >= 15 is 0 Å². The summed E-state index contributed by atoms with van der Waals surface area (Å²) in [6.07, 6.45) is -1.33. The molecule has 4 rings (SSSR count). The molecule has 1 heterocycles. The van der Waals surface area contributed by atoms with Gasteiger partial charge in [-0.25, -0.2) is 4.79 Å². The van der Waals surface area contributed by atoms with Gasteiger partial charge < -0.3 is 15.2 Å². The normalized spacial score (nSPS) is 18.0. The zero-order chi connectivity index (χ0) is 22.3. The number of hydrogen-bond donors (Lipinski definition) is 2. The number of nitrogens with one attached hydrogen (secondary N) is 1. The second-order valence-electron chi connectivity index (χ2n) is 7.31. The molecule has 0 radical (unpaired) electrons. The van der Waals surface area contributed by atoms with Crippen LogP contribution in [0.2, 0.25) is 0 Å². The van der Waals surface area contributed by atoms with Gasteiger partial charge >= 0.3 is 6.09 Å². The van der Waals surface area contributed by atoms with Crippen molar-refractivity contribution in [1.29, 1.82) is 0 Å². The van der Waals surface area contributed by atoms with E-state index in [9.17, 15) is 14.7 Å². The van der Waals surface area contributed by atoms with E-state index in [-0.39, 0.29) is 13.0 Å². The van der Waals surface area contributed by atoms with Gasteiger partial charge in [0.25, 0.3) is 0 Å². The summed E-state index contributed by atoms with van der Waals surface area (Å²) in [4.78, 5) is 26.6. The van der Waals surface area contributed by atoms with Crippen molar-refractivity contribution >= 4 is 29.1 Å². The van der Waals surface area contributed by atoms with Crippen LogP contribution in [0.5, 0.6) is 5.75 Å². The van der Waals surface area contributed by atoms with Crippen molar-refractivity contribution in [2.24, 2.45) is 10.2 Å². The Hall–Kier alpha value is -4.04. The second-order valence-corrected chi connectivity index (χ2v) is 7.31. The number of anilines is 1. The van der Waals surface area contributed by atoms with Crippen molar-refractivity contribution in [2.75, 3.05) is 11.9 Å². The maximum absolute atomic E-state index is 12.8. The molecule has 162 valence electrons. The molecule has 0 aromatic heterocycles. The van der Waals surface area contributed by atoms with Crippen molar-refractivity contribution in [3.8, 4) is 5.75 Å². The maximum atomic E-state index is 12.8. The molecule has 2 amide bonds. The standard InChI is InChI=1S/C24H22N4O4/c29-20-15-22(28(16-20)24(31)32-21-9-5-2-6-10-21)23(30)25-17-11-13-19(14-12-17)27-26-18-7-3-1-4-8-18/h1-14,20,22,29H,15-16H2,(H,25,30)/t20-,22+/m1/s1. The summed E-state index contributed by atoms with van der Waals surface area (Å²) in [7, 11) is 0. The molecule has 0 spiro atoms. The number of carbonyl (C=O) groups is 2. The molecule has 0 unspecified atom stereocenters. The predicted molar refractivity (Wildman–Crippen MR) is 119 cm³/mol. The van der Waals surface area contributed by atoms with Gasteiger partial charge in [0.2, 0.25) is 5.91 Å². The highest BCUT2D eigenvalue weighted by Crippen LogP contribution is 2.24. The van der Waals surface area contributed by atoms with Gasteiger partial charge in [-0.2, -0.15) is 10.2 Å². The Labute approximate surface area is 185 Å². The SMILES string of the molecule is O=C(Nc1ccc(N=Nc2ccccc2)cc1)[C@@H]1C[C@@H](O)CN1C(=O)Oc1ccccc1. The fourth-order valence-electron chi connectivity index (χ4n) is 3.36. The number of azo groups is 1. The average molecular weight is 430 g/mol. The molecule has 2 N–H and O–H groups in total. The first-order valence-corrected chi connectivity index (χ1v) is 10.2. The molecule has 32 heavy (non-hydrogen) atoms. The van der Waals surface area contributed by atoms with Crippen molar-refractivity contribution < 1.29 is 19.4 Å². The number of β-amino-alcohol motifs (C(OH)–C–C–N with tert-alkyl or cyclic N) is 1. The van der Waals surface area contributed by atoms with Gasteiger partial charge in [-0.05, 0) is 48.5 Å². The highest BCUT2D eigenvalue weighted by atomic mass is 16.6. The summed E-state index contributed by atoms with van der Waals surface area (Å²) in [6.45, 7) is 0.0303. The summed E-state index contributed by atoms with van der Waals surface area (Å²) < 4.78 is 5.33. The fraction of sp³-hybridized carbons (Fsp3) is 0.167. The minimum absolute atomic E-state index is 0.0303. The summed E-state index contributed by atoms with van der Waals surface area (Å²) in [5.41, 5.74) is 1.93. The molecule has 1 saturated heterocycles. The zero-order valence-corrected chi connectivity index (χ0v) is 17.2. The minimum Gasteiger partial charge on any atom is -0.410 e. The smallest absolute Gasteiger partial charge is 0.410 e. The molecule has 0 aliphatic carbocycles. The third-order valence-corrected chi connectivity index (χ3v) is 4.94. The molecular formula is C24H22N4O4. The third kappa shape index (κ3) is 5.35. The quantitative estimate of drug-likeness (QED) is 0.574. The predicted octanol–water partition coefficient (Wildman–Crippen LogP) is 4.67. The number of aliphatic hydroxyl groups excluding tert-OH is 1. The zero-order valence-electron chi connectivity index (χ0n) is 17.2. The molecule has 8 nitrogen and oxygen atoms in total. The monoisotopic (exact) mass is 430 g/mol. The third-order valence-electron chi connectivity index (χ3n) is 4.94.